The Balaban J connectivity index is 1.75. The van der Waals surface area contributed by atoms with Gasteiger partial charge in [0, 0.05) is 18.7 Å². The van der Waals surface area contributed by atoms with Crippen molar-refractivity contribution in [3.8, 4) is 0 Å². The highest BCUT2D eigenvalue weighted by atomic mass is 19.4. The van der Waals surface area contributed by atoms with Gasteiger partial charge < -0.3 is 4.90 Å². The molecule has 126 valence electrons. The van der Waals surface area contributed by atoms with Gasteiger partial charge in [-0.1, -0.05) is 30.3 Å². The van der Waals surface area contributed by atoms with Crippen LogP contribution in [0.25, 0.3) is 0 Å². The molecule has 1 heterocycles. The molecule has 2 nitrogen and oxygen atoms in total. The summed E-state index contributed by atoms with van der Waals surface area (Å²) in [5, 5.41) is 0. The number of halogens is 3. The molecule has 0 aromatic heterocycles. The first-order valence-corrected chi connectivity index (χ1v) is 7.99. The molecule has 0 unspecified atom stereocenters. The van der Waals surface area contributed by atoms with Crippen LogP contribution in [-0.2, 0) is 23.8 Å². The normalized spacial score (nSPS) is 14.4. The maximum atomic E-state index is 12.8. The third-order valence-electron chi connectivity index (χ3n) is 4.30. The lowest BCUT2D eigenvalue weighted by Gasteiger charge is -2.30. The average Bonchev–Trinajstić information content (AvgIpc) is 2.58. The van der Waals surface area contributed by atoms with Crippen molar-refractivity contribution >= 4 is 11.6 Å². The van der Waals surface area contributed by atoms with Gasteiger partial charge in [0.25, 0.3) is 0 Å². The highest BCUT2D eigenvalue weighted by molar-refractivity contribution is 5.94. The van der Waals surface area contributed by atoms with E-state index in [9.17, 15) is 18.0 Å². The van der Waals surface area contributed by atoms with Crippen molar-refractivity contribution in [3.63, 3.8) is 0 Å². The summed E-state index contributed by atoms with van der Waals surface area (Å²) in [4.78, 5) is 14.1. The van der Waals surface area contributed by atoms with Crippen LogP contribution in [0.3, 0.4) is 0 Å². The van der Waals surface area contributed by atoms with Gasteiger partial charge in [0.2, 0.25) is 5.91 Å². The summed E-state index contributed by atoms with van der Waals surface area (Å²) in [5.41, 5.74) is 1.65. The highest BCUT2D eigenvalue weighted by Crippen LogP contribution is 2.35. The highest BCUT2D eigenvalue weighted by Gasteiger charge is 2.32. The van der Waals surface area contributed by atoms with Gasteiger partial charge in [0.1, 0.15) is 0 Å². The number of anilines is 1. The summed E-state index contributed by atoms with van der Waals surface area (Å²) < 4.78 is 38.5. The van der Waals surface area contributed by atoms with E-state index in [1.165, 1.54) is 12.1 Å². The second-order valence-corrected chi connectivity index (χ2v) is 5.98. The standard InChI is InChI=1S/C19H18F3NO/c20-19(21,22)16-9-10-17-15(13-16)7-4-12-23(17)18(24)11-8-14-5-2-1-3-6-14/h1-3,5-6,9-10,13H,4,7-8,11-12H2. The zero-order valence-corrected chi connectivity index (χ0v) is 13.1. The Kier molecular flexibility index (Phi) is 4.60. The maximum Gasteiger partial charge on any atom is 0.416 e. The fourth-order valence-corrected chi connectivity index (χ4v) is 3.06. The molecule has 0 radical (unpaired) electrons. The van der Waals surface area contributed by atoms with Crippen LogP contribution in [0.1, 0.15) is 29.5 Å². The quantitative estimate of drug-likeness (QED) is 0.803. The zero-order valence-electron chi connectivity index (χ0n) is 13.1. The number of carbonyl (C=O) groups is 1. The van der Waals surface area contributed by atoms with E-state index in [2.05, 4.69) is 0 Å². The summed E-state index contributed by atoms with van der Waals surface area (Å²) in [5.74, 6) is -0.0421. The van der Waals surface area contributed by atoms with Crippen molar-refractivity contribution < 1.29 is 18.0 Å². The molecule has 24 heavy (non-hydrogen) atoms. The largest absolute Gasteiger partial charge is 0.416 e. The number of benzene rings is 2. The van der Waals surface area contributed by atoms with Gasteiger partial charge in [-0.25, -0.2) is 0 Å². The summed E-state index contributed by atoms with van der Waals surface area (Å²) in [6.07, 6.45) is -2.11. The fourth-order valence-electron chi connectivity index (χ4n) is 3.06. The van der Waals surface area contributed by atoms with E-state index in [1.54, 1.807) is 4.90 Å². The van der Waals surface area contributed by atoms with Crippen molar-refractivity contribution in [2.75, 3.05) is 11.4 Å². The van der Waals surface area contributed by atoms with Crippen LogP contribution in [0, 0.1) is 0 Å². The first-order valence-electron chi connectivity index (χ1n) is 7.99. The van der Waals surface area contributed by atoms with E-state index in [0.29, 0.717) is 43.5 Å². The lowest BCUT2D eigenvalue weighted by molar-refractivity contribution is -0.137. The number of hydrogen-bond acceptors (Lipinski definition) is 1. The summed E-state index contributed by atoms with van der Waals surface area (Å²) >= 11 is 0. The van der Waals surface area contributed by atoms with Gasteiger partial charge in [-0.2, -0.15) is 13.2 Å². The second-order valence-electron chi connectivity index (χ2n) is 5.98. The molecule has 0 spiro atoms. The van der Waals surface area contributed by atoms with E-state index in [1.807, 2.05) is 30.3 Å². The third-order valence-corrected chi connectivity index (χ3v) is 4.30. The Morgan fingerprint density at radius 1 is 1.08 bits per heavy atom. The van der Waals surface area contributed by atoms with E-state index in [0.717, 1.165) is 11.6 Å². The predicted octanol–water partition coefficient (Wildman–Crippen LogP) is 4.62. The zero-order chi connectivity index (χ0) is 17.2. The molecule has 0 aliphatic carbocycles. The van der Waals surface area contributed by atoms with Crippen LogP contribution in [0.5, 0.6) is 0 Å². The van der Waals surface area contributed by atoms with Gasteiger partial charge in [-0.15, -0.1) is 0 Å². The Morgan fingerprint density at radius 3 is 2.54 bits per heavy atom. The molecule has 3 rings (SSSR count). The first-order chi connectivity index (χ1) is 11.4. The molecule has 2 aromatic carbocycles. The molecule has 2 aromatic rings. The van der Waals surface area contributed by atoms with Crippen LogP contribution in [0.15, 0.2) is 48.5 Å². The van der Waals surface area contributed by atoms with Crippen LogP contribution in [0.4, 0.5) is 18.9 Å². The molecule has 0 atom stereocenters. The molecule has 1 aliphatic rings. The minimum atomic E-state index is -4.35. The fraction of sp³-hybridized carbons (Fsp3) is 0.316. The Hall–Kier alpha value is -2.30. The van der Waals surface area contributed by atoms with E-state index >= 15 is 0 Å². The van der Waals surface area contributed by atoms with Gasteiger partial charge in [-0.3, -0.25) is 4.79 Å². The number of rotatable bonds is 3. The van der Waals surface area contributed by atoms with Gasteiger partial charge in [0.15, 0.2) is 0 Å². The molecule has 1 aliphatic heterocycles. The maximum absolute atomic E-state index is 12.8. The van der Waals surface area contributed by atoms with E-state index in [4.69, 9.17) is 0 Å². The summed E-state index contributed by atoms with van der Waals surface area (Å²) in [7, 11) is 0. The van der Waals surface area contributed by atoms with Gasteiger partial charge >= 0.3 is 6.18 Å². The molecule has 0 saturated heterocycles. The molecule has 5 heteroatoms. The average molecular weight is 333 g/mol. The van der Waals surface area contributed by atoms with E-state index < -0.39 is 11.7 Å². The second kappa shape index (κ2) is 6.67. The van der Waals surface area contributed by atoms with Crippen molar-refractivity contribution in [1.29, 1.82) is 0 Å². The monoisotopic (exact) mass is 333 g/mol. The SMILES string of the molecule is O=C(CCc1ccccc1)N1CCCc2cc(C(F)(F)F)ccc21. The Morgan fingerprint density at radius 2 is 1.83 bits per heavy atom. The number of aryl methyl sites for hydroxylation is 2. The van der Waals surface area contributed by atoms with Gasteiger partial charge in [0.05, 0.1) is 5.56 Å². The Bertz CT molecular complexity index is 725. The molecular weight excluding hydrogens is 315 g/mol. The number of nitrogens with zero attached hydrogens (tertiary/aromatic N) is 1. The van der Waals surface area contributed by atoms with Crippen LogP contribution < -0.4 is 4.90 Å². The number of hydrogen-bond donors (Lipinski definition) is 0. The smallest absolute Gasteiger partial charge is 0.312 e. The van der Waals surface area contributed by atoms with Crippen LogP contribution in [-0.4, -0.2) is 12.5 Å². The molecule has 0 saturated carbocycles. The lowest BCUT2D eigenvalue weighted by Crippen LogP contribution is -2.35. The van der Waals surface area contributed by atoms with Crippen molar-refractivity contribution in [1.82, 2.24) is 0 Å². The number of alkyl halides is 3. The first kappa shape index (κ1) is 16.6. The number of amides is 1. The van der Waals surface area contributed by atoms with Crippen LogP contribution >= 0.6 is 0 Å². The van der Waals surface area contributed by atoms with Gasteiger partial charge in [-0.05, 0) is 48.6 Å². The number of fused-ring (bicyclic) bond motifs is 1. The molecule has 0 bridgehead atoms. The summed E-state index contributed by atoms with van der Waals surface area (Å²) in [6.45, 7) is 0.561. The predicted molar refractivity (Wildman–Crippen MR) is 86.9 cm³/mol. The van der Waals surface area contributed by atoms with Crippen molar-refractivity contribution in [3.05, 3.63) is 65.2 Å². The Labute approximate surface area is 138 Å². The van der Waals surface area contributed by atoms with Crippen molar-refractivity contribution in [2.24, 2.45) is 0 Å². The minimum Gasteiger partial charge on any atom is -0.312 e. The topological polar surface area (TPSA) is 20.3 Å². The summed E-state index contributed by atoms with van der Waals surface area (Å²) in [6, 6.07) is 13.4. The molecular formula is C19H18F3NO. The van der Waals surface area contributed by atoms with E-state index in [-0.39, 0.29) is 5.91 Å². The molecule has 0 fully saturated rings. The molecule has 0 N–H and O–H groups in total. The number of carbonyl (C=O) groups excluding carboxylic acids is 1. The van der Waals surface area contributed by atoms with Crippen LogP contribution in [0.2, 0.25) is 0 Å². The minimum absolute atomic E-state index is 0.0421. The molecule has 1 amide bonds. The third kappa shape index (κ3) is 3.61. The van der Waals surface area contributed by atoms with Crippen molar-refractivity contribution in [2.45, 2.75) is 31.9 Å². The lowest BCUT2D eigenvalue weighted by atomic mass is 9.98.